The zero-order valence-electron chi connectivity index (χ0n) is 9.27. The summed E-state index contributed by atoms with van der Waals surface area (Å²) in [6.45, 7) is 2.36. The summed E-state index contributed by atoms with van der Waals surface area (Å²) in [6, 6.07) is 0. The fraction of sp³-hybridized carbons (Fsp3) is 0.600. The lowest BCUT2D eigenvalue weighted by Crippen LogP contribution is -2.53. The lowest BCUT2D eigenvalue weighted by molar-refractivity contribution is 0.167. The van der Waals surface area contributed by atoms with E-state index in [1.54, 1.807) is 6.08 Å². The summed E-state index contributed by atoms with van der Waals surface area (Å²) < 4.78 is 4.96. The van der Waals surface area contributed by atoms with Crippen molar-refractivity contribution in [1.82, 2.24) is 10.2 Å². The predicted molar refractivity (Wildman–Crippen MR) is 60.3 cm³/mol. The summed E-state index contributed by atoms with van der Waals surface area (Å²) in [6.07, 6.45) is 2.91. The van der Waals surface area contributed by atoms with Crippen molar-refractivity contribution in [3.8, 4) is 0 Å². The van der Waals surface area contributed by atoms with Crippen LogP contribution < -0.4 is 11.1 Å². The Bertz CT molecular complexity index is 353. The van der Waals surface area contributed by atoms with Crippen LogP contribution in [-0.2, 0) is 4.74 Å². The maximum absolute atomic E-state index is 11.1. The van der Waals surface area contributed by atoms with Crippen LogP contribution in [0, 0.1) is 0 Å². The third kappa shape index (κ3) is 2.16. The molecule has 1 unspecified atom stereocenters. The first-order chi connectivity index (χ1) is 7.63. The molecule has 0 saturated carbocycles. The first kappa shape index (κ1) is 10.9. The summed E-state index contributed by atoms with van der Waals surface area (Å²) in [7, 11) is 1.98. The van der Waals surface area contributed by atoms with Crippen LogP contribution in [0.5, 0.6) is 0 Å². The Labute approximate surface area is 94.1 Å². The van der Waals surface area contributed by atoms with E-state index in [1.807, 2.05) is 7.05 Å². The molecule has 0 aliphatic carbocycles. The minimum Gasteiger partial charge on any atom is -0.447 e. The van der Waals surface area contributed by atoms with E-state index in [2.05, 4.69) is 15.2 Å². The van der Waals surface area contributed by atoms with E-state index in [-0.39, 0.29) is 11.6 Å². The van der Waals surface area contributed by atoms with Crippen molar-refractivity contribution in [3.05, 3.63) is 12.3 Å². The Morgan fingerprint density at radius 2 is 2.50 bits per heavy atom. The van der Waals surface area contributed by atoms with E-state index in [0.717, 1.165) is 18.8 Å². The first-order valence-corrected chi connectivity index (χ1v) is 5.19. The normalized spacial score (nSPS) is 31.3. The van der Waals surface area contributed by atoms with Crippen molar-refractivity contribution in [2.75, 3.05) is 33.3 Å². The van der Waals surface area contributed by atoms with Crippen molar-refractivity contribution in [2.24, 2.45) is 10.7 Å². The summed E-state index contributed by atoms with van der Waals surface area (Å²) >= 11 is 0. The van der Waals surface area contributed by atoms with Gasteiger partial charge in [-0.3, -0.25) is 9.89 Å². The van der Waals surface area contributed by atoms with E-state index in [0.29, 0.717) is 13.2 Å². The number of carbonyl (C=O) groups is 1. The Kier molecular flexibility index (Phi) is 2.82. The number of hydrogen-bond donors (Lipinski definition) is 2. The summed E-state index contributed by atoms with van der Waals surface area (Å²) in [5, 5.41) is 2.84. The molecular weight excluding hydrogens is 208 g/mol. The highest BCUT2D eigenvalue weighted by Gasteiger charge is 2.41. The monoisotopic (exact) mass is 224 g/mol. The second-order valence-electron chi connectivity index (χ2n) is 4.32. The Hall–Kier alpha value is -1.56. The number of amides is 1. The van der Waals surface area contributed by atoms with Gasteiger partial charge in [0.1, 0.15) is 12.1 Å². The minimum absolute atomic E-state index is 0.360. The quantitative estimate of drug-likeness (QED) is 0.618. The SMILES string of the molecule is CN1CC(/C=C\N)=NCC2(COC(=O)N2)C1. The first-order valence-electron chi connectivity index (χ1n) is 5.19. The zero-order chi connectivity index (χ0) is 11.6. The van der Waals surface area contributed by atoms with Gasteiger partial charge in [0.25, 0.3) is 0 Å². The van der Waals surface area contributed by atoms with Gasteiger partial charge in [0.15, 0.2) is 0 Å². The average Bonchev–Trinajstić information content (AvgIpc) is 2.49. The van der Waals surface area contributed by atoms with E-state index in [9.17, 15) is 4.79 Å². The van der Waals surface area contributed by atoms with Gasteiger partial charge in [-0.25, -0.2) is 4.79 Å². The van der Waals surface area contributed by atoms with Gasteiger partial charge in [-0.1, -0.05) is 0 Å². The molecule has 6 nitrogen and oxygen atoms in total. The number of nitrogens with zero attached hydrogens (tertiary/aromatic N) is 2. The summed E-state index contributed by atoms with van der Waals surface area (Å²) in [5.41, 5.74) is 5.89. The number of rotatable bonds is 1. The predicted octanol–water partition coefficient (Wildman–Crippen LogP) is -0.676. The maximum Gasteiger partial charge on any atom is 0.407 e. The number of nitrogens with one attached hydrogen (secondary N) is 1. The Morgan fingerprint density at radius 3 is 3.12 bits per heavy atom. The van der Waals surface area contributed by atoms with Crippen LogP contribution in [0.1, 0.15) is 0 Å². The molecule has 0 aromatic heterocycles. The molecular formula is C10H16N4O2. The van der Waals surface area contributed by atoms with E-state index in [1.165, 1.54) is 6.20 Å². The third-order valence-electron chi connectivity index (χ3n) is 2.72. The summed E-state index contributed by atoms with van der Waals surface area (Å²) in [4.78, 5) is 17.7. The van der Waals surface area contributed by atoms with Crippen LogP contribution in [0.15, 0.2) is 17.3 Å². The van der Waals surface area contributed by atoms with Crippen LogP contribution in [0.4, 0.5) is 4.79 Å². The van der Waals surface area contributed by atoms with Crippen molar-refractivity contribution in [1.29, 1.82) is 0 Å². The average molecular weight is 224 g/mol. The molecule has 1 fully saturated rings. The number of cyclic esters (lactones) is 1. The molecule has 1 spiro atoms. The van der Waals surface area contributed by atoms with Crippen molar-refractivity contribution in [3.63, 3.8) is 0 Å². The number of alkyl carbamates (subject to hydrolysis) is 1. The van der Waals surface area contributed by atoms with E-state index >= 15 is 0 Å². The minimum atomic E-state index is -0.379. The number of hydrogen-bond acceptors (Lipinski definition) is 5. The van der Waals surface area contributed by atoms with Gasteiger partial charge in [-0.2, -0.15) is 0 Å². The number of carbonyl (C=O) groups excluding carboxylic acids is 1. The third-order valence-corrected chi connectivity index (χ3v) is 2.72. The molecule has 0 aromatic carbocycles. The maximum atomic E-state index is 11.1. The van der Waals surface area contributed by atoms with Gasteiger partial charge in [-0.15, -0.1) is 0 Å². The number of nitrogens with two attached hydrogens (primary N) is 1. The Balaban J connectivity index is 2.16. The second-order valence-corrected chi connectivity index (χ2v) is 4.32. The number of aliphatic imine (C=N–C) groups is 1. The number of ether oxygens (including phenoxy) is 1. The zero-order valence-corrected chi connectivity index (χ0v) is 9.27. The largest absolute Gasteiger partial charge is 0.447 e. The molecule has 2 heterocycles. The van der Waals surface area contributed by atoms with Gasteiger partial charge in [0.05, 0.1) is 12.3 Å². The van der Waals surface area contributed by atoms with Crippen LogP contribution in [0.25, 0.3) is 0 Å². The van der Waals surface area contributed by atoms with E-state index in [4.69, 9.17) is 10.5 Å². The molecule has 2 rings (SSSR count). The lowest BCUT2D eigenvalue weighted by atomic mass is 10.0. The topological polar surface area (TPSA) is 79.9 Å². The fourth-order valence-corrected chi connectivity index (χ4v) is 2.08. The molecule has 88 valence electrons. The van der Waals surface area contributed by atoms with Crippen LogP contribution in [0.3, 0.4) is 0 Å². The molecule has 0 aromatic rings. The van der Waals surface area contributed by atoms with Gasteiger partial charge in [0.2, 0.25) is 0 Å². The molecule has 1 amide bonds. The van der Waals surface area contributed by atoms with Gasteiger partial charge < -0.3 is 15.8 Å². The van der Waals surface area contributed by atoms with Crippen molar-refractivity contribution >= 4 is 11.8 Å². The molecule has 2 aliphatic rings. The van der Waals surface area contributed by atoms with Crippen LogP contribution in [-0.4, -0.2) is 55.5 Å². The van der Waals surface area contributed by atoms with Gasteiger partial charge in [0, 0.05) is 13.1 Å². The molecule has 1 atom stereocenters. The highest BCUT2D eigenvalue weighted by atomic mass is 16.6. The molecule has 0 radical (unpaired) electrons. The molecule has 0 bridgehead atoms. The molecule has 16 heavy (non-hydrogen) atoms. The Morgan fingerprint density at radius 1 is 1.69 bits per heavy atom. The lowest BCUT2D eigenvalue weighted by Gasteiger charge is -2.27. The van der Waals surface area contributed by atoms with Crippen LogP contribution in [0.2, 0.25) is 0 Å². The highest BCUT2D eigenvalue weighted by Crippen LogP contribution is 2.17. The summed E-state index contributed by atoms with van der Waals surface area (Å²) in [5.74, 6) is 0. The van der Waals surface area contributed by atoms with Crippen LogP contribution >= 0.6 is 0 Å². The van der Waals surface area contributed by atoms with Crippen molar-refractivity contribution in [2.45, 2.75) is 5.54 Å². The number of likely N-dealkylation sites (N-methyl/N-ethyl adjacent to an activating group) is 1. The molecule has 1 saturated heterocycles. The van der Waals surface area contributed by atoms with Gasteiger partial charge in [-0.05, 0) is 19.3 Å². The highest BCUT2D eigenvalue weighted by molar-refractivity contribution is 5.96. The smallest absolute Gasteiger partial charge is 0.407 e. The van der Waals surface area contributed by atoms with E-state index < -0.39 is 0 Å². The second kappa shape index (κ2) is 4.13. The standard InChI is InChI=1S/C10H16N4O2/c1-14-4-8(2-3-11)12-5-10(6-14)7-16-9(15)13-10/h2-3H,4-7,11H2,1H3,(H,13,15)/b3-2-. The van der Waals surface area contributed by atoms with Crippen molar-refractivity contribution < 1.29 is 9.53 Å². The molecule has 2 aliphatic heterocycles. The fourth-order valence-electron chi connectivity index (χ4n) is 2.08. The molecule has 6 heteroatoms. The van der Waals surface area contributed by atoms with Gasteiger partial charge >= 0.3 is 6.09 Å². The molecule has 3 N–H and O–H groups in total.